The smallest absolute Gasteiger partial charge is 0.138 e. The highest BCUT2D eigenvalue weighted by molar-refractivity contribution is 9.10. The number of hydrogen-bond donors (Lipinski definition) is 0. The molecule has 0 bridgehead atoms. The number of rotatable bonds is 3. The number of halogens is 2. The van der Waals surface area contributed by atoms with Crippen LogP contribution in [0.2, 0.25) is 0 Å². The van der Waals surface area contributed by atoms with E-state index >= 15 is 0 Å². The maximum atomic E-state index is 13.5. The molecule has 0 unspecified atom stereocenters. The summed E-state index contributed by atoms with van der Waals surface area (Å²) in [5.74, 6) is -0.0918. The van der Waals surface area contributed by atoms with Crippen molar-refractivity contribution < 1.29 is 9.18 Å². The van der Waals surface area contributed by atoms with E-state index in [0.717, 1.165) is 4.47 Å². The van der Waals surface area contributed by atoms with Gasteiger partial charge >= 0.3 is 0 Å². The third-order valence-electron chi connectivity index (χ3n) is 2.47. The Morgan fingerprint density at radius 2 is 2.00 bits per heavy atom. The molecule has 0 amide bonds. The fourth-order valence-corrected chi connectivity index (χ4v) is 1.68. The van der Waals surface area contributed by atoms with E-state index in [0.29, 0.717) is 18.4 Å². The zero-order valence-corrected chi connectivity index (χ0v) is 11.4. The molecule has 0 heterocycles. The van der Waals surface area contributed by atoms with Gasteiger partial charge in [-0.2, -0.15) is 0 Å². The predicted molar refractivity (Wildman–Crippen MR) is 66.9 cm³/mol. The standard InChI is InChI=1S/C13H16BrFO/c1-13(2,3)12(16)7-5-9-4-6-10(14)8-11(9)15/h4,6,8H,5,7H2,1-3H3. The highest BCUT2D eigenvalue weighted by Crippen LogP contribution is 2.20. The summed E-state index contributed by atoms with van der Waals surface area (Å²) in [6, 6.07) is 4.94. The zero-order chi connectivity index (χ0) is 12.3. The third-order valence-corrected chi connectivity index (χ3v) is 2.97. The molecular weight excluding hydrogens is 271 g/mol. The van der Waals surface area contributed by atoms with Crippen molar-refractivity contribution >= 4 is 21.7 Å². The minimum atomic E-state index is -0.341. The Bertz CT molecular complexity index is 393. The summed E-state index contributed by atoms with van der Waals surface area (Å²) in [7, 11) is 0. The van der Waals surface area contributed by atoms with Crippen LogP contribution in [-0.2, 0) is 11.2 Å². The van der Waals surface area contributed by atoms with Gasteiger partial charge in [0.1, 0.15) is 11.6 Å². The molecule has 0 atom stereocenters. The number of carbonyl (C=O) groups excluding carboxylic acids is 1. The summed E-state index contributed by atoms with van der Waals surface area (Å²) < 4.78 is 14.2. The molecular formula is C13H16BrFO. The van der Waals surface area contributed by atoms with E-state index in [9.17, 15) is 9.18 Å². The minimum Gasteiger partial charge on any atom is -0.299 e. The summed E-state index contributed by atoms with van der Waals surface area (Å²) in [6.07, 6.45) is 0.858. The van der Waals surface area contributed by atoms with Crippen molar-refractivity contribution in [1.29, 1.82) is 0 Å². The van der Waals surface area contributed by atoms with E-state index in [-0.39, 0.29) is 17.0 Å². The van der Waals surface area contributed by atoms with Crippen LogP contribution >= 0.6 is 15.9 Å². The Hall–Kier alpha value is -0.700. The second-order valence-corrected chi connectivity index (χ2v) is 5.82. The number of benzene rings is 1. The molecule has 1 nitrogen and oxygen atoms in total. The first-order valence-electron chi connectivity index (χ1n) is 5.28. The molecule has 88 valence electrons. The summed E-state index contributed by atoms with van der Waals surface area (Å²) in [5.41, 5.74) is 0.257. The lowest BCUT2D eigenvalue weighted by Crippen LogP contribution is -2.20. The predicted octanol–water partition coefficient (Wildman–Crippen LogP) is 4.14. The van der Waals surface area contributed by atoms with Gasteiger partial charge in [0.05, 0.1) is 0 Å². The van der Waals surface area contributed by atoms with Crippen LogP contribution < -0.4 is 0 Å². The van der Waals surface area contributed by atoms with Gasteiger partial charge in [0.15, 0.2) is 0 Å². The second kappa shape index (κ2) is 5.09. The highest BCUT2D eigenvalue weighted by Gasteiger charge is 2.20. The maximum absolute atomic E-state index is 13.5. The van der Waals surface area contributed by atoms with Gasteiger partial charge in [-0.15, -0.1) is 0 Å². The van der Waals surface area contributed by atoms with E-state index in [1.807, 2.05) is 20.8 Å². The van der Waals surface area contributed by atoms with E-state index < -0.39 is 0 Å². The topological polar surface area (TPSA) is 17.1 Å². The number of aryl methyl sites for hydroxylation is 1. The molecule has 0 radical (unpaired) electrons. The quantitative estimate of drug-likeness (QED) is 0.816. The molecule has 1 aromatic rings. The molecule has 0 aliphatic carbocycles. The molecule has 0 saturated heterocycles. The van der Waals surface area contributed by atoms with Gasteiger partial charge in [0, 0.05) is 16.3 Å². The van der Waals surface area contributed by atoms with E-state index in [1.165, 1.54) is 6.07 Å². The normalized spacial score (nSPS) is 11.6. The van der Waals surface area contributed by atoms with Gasteiger partial charge < -0.3 is 0 Å². The molecule has 0 aromatic heterocycles. The maximum Gasteiger partial charge on any atom is 0.138 e. The lowest BCUT2D eigenvalue weighted by molar-refractivity contribution is -0.126. The Labute approximate surface area is 104 Å². The molecule has 0 saturated carbocycles. The zero-order valence-electron chi connectivity index (χ0n) is 9.81. The first kappa shape index (κ1) is 13.4. The van der Waals surface area contributed by atoms with Crippen molar-refractivity contribution in [3.63, 3.8) is 0 Å². The lowest BCUT2D eigenvalue weighted by atomic mass is 9.87. The Morgan fingerprint density at radius 3 is 2.50 bits per heavy atom. The first-order valence-corrected chi connectivity index (χ1v) is 6.07. The van der Waals surface area contributed by atoms with Crippen molar-refractivity contribution in [2.45, 2.75) is 33.6 Å². The van der Waals surface area contributed by atoms with Gasteiger partial charge in [-0.05, 0) is 24.1 Å². The summed E-state index contributed by atoms with van der Waals surface area (Å²) >= 11 is 3.20. The monoisotopic (exact) mass is 286 g/mol. The van der Waals surface area contributed by atoms with Crippen LogP contribution in [0.15, 0.2) is 22.7 Å². The number of hydrogen-bond acceptors (Lipinski definition) is 1. The first-order chi connectivity index (χ1) is 7.30. The molecule has 0 N–H and O–H groups in total. The average Bonchev–Trinajstić information content (AvgIpc) is 2.14. The van der Waals surface area contributed by atoms with Crippen molar-refractivity contribution in [3.8, 4) is 0 Å². The molecule has 16 heavy (non-hydrogen) atoms. The molecule has 0 spiro atoms. The van der Waals surface area contributed by atoms with Crippen molar-refractivity contribution in [2.75, 3.05) is 0 Å². The Balaban J connectivity index is 2.65. The van der Waals surface area contributed by atoms with Gasteiger partial charge in [-0.3, -0.25) is 4.79 Å². The van der Waals surface area contributed by atoms with Crippen LogP contribution in [0.4, 0.5) is 4.39 Å². The van der Waals surface area contributed by atoms with Crippen LogP contribution in [0.25, 0.3) is 0 Å². The van der Waals surface area contributed by atoms with Gasteiger partial charge in [-0.25, -0.2) is 4.39 Å². The fourth-order valence-electron chi connectivity index (χ4n) is 1.35. The van der Waals surface area contributed by atoms with Crippen LogP contribution in [0, 0.1) is 11.2 Å². The van der Waals surface area contributed by atoms with Gasteiger partial charge in [-0.1, -0.05) is 42.8 Å². The summed E-state index contributed by atoms with van der Waals surface area (Å²) in [4.78, 5) is 11.7. The van der Waals surface area contributed by atoms with Crippen molar-refractivity contribution in [3.05, 3.63) is 34.1 Å². The van der Waals surface area contributed by atoms with Crippen LogP contribution in [0.1, 0.15) is 32.8 Å². The highest BCUT2D eigenvalue weighted by atomic mass is 79.9. The second-order valence-electron chi connectivity index (χ2n) is 4.91. The van der Waals surface area contributed by atoms with E-state index in [4.69, 9.17) is 0 Å². The van der Waals surface area contributed by atoms with Crippen molar-refractivity contribution in [1.82, 2.24) is 0 Å². The molecule has 1 aromatic carbocycles. The lowest BCUT2D eigenvalue weighted by Gasteiger charge is -2.16. The van der Waals surface area contributed by atoms with E-state index in [1.54, 1.807) is 12.1 Å². The fraction of sp³-hybridized carbons (Fsp3) is 0.462. The van der Waals surface area contributed by atoms with Crippen LogP contribution in [-0.4, -0.2) is 5.78 Å². The average molecular weight is 287 g/mol. The third kappa shape index (κ3) is 3.71. The number of Topliss-reactive ketones (excluding diaryl/α,β-unsaturated/α-hetero) is 1. The SMILES string of the molecule is CC(C)(C)C(=O)CCc1ccc(Br)cc1F. The molecule has 0 aliphatic rings. The Morgan fingerprint density at radius 1 is 1.38 bits per heavy atom. The van der Waals surface area contributed by atoms with Gasteiger partial charge in [0.25, 0.3) is 0 Å². The molecule has 0 fully saturated rings. The Kier molecular flexibility index (Phi) is 4.25. The number of carbonyl (C=O) groups is 1. The molecule has 1 rings (SSSR count). The van der Waals surface area contributed by atoms with Crippen LogP contribution in [0.5, 0.6) is 0 Å². The molecule has 0 aliphatic heterocycles. The minimum absolute atomic E-state index is 0.162. The largest absolute Gasteiger partial charge is 0.299 e. The summed E-state index contributed by atoms with van der Waals surface area (Å²) in [6.45, 7) is 5.65. The van der Waals surface area contributed by atoms with Gasteiger partial charge in [0.2, 0.25) is 0 Å². The number of ketones is 1. The molecule has 3 heteroatoms. The van der Waals surface area contributed by atoms with Crippen LogP contribution in [0.3, 0.4) is 0 Å². The summed E-state index contributed by atoms with van der Waals surface area (Å²) in [5, 5.41) is 0. The van der Waals surface area contributed by atoms with E-state index in [2.05, 4.69) is 15.9 Å². The van der Waals surface area contributed by atoms with Crippen molar-refractivity contribution in [2.24, 2.45) is 5.41 Å².